The second-order valence-electron chi connectivity index (χ2n) is 16.5. The van der Waals surface area contributed by atoms with Crippen molar-refractivity contribution in [2.24, 2.45) is 0 Å². The molecule has 9 rings (SSSR count). The summed E-state index contributed by atoms with van der Waals surface area (Å²) in [6, 6.07) is 27.3. The van der Waals surface area contributed by atoms with Crippen molar-refractivity contribution in [3.05, 3.63) is 160 Å². The van der Waals surface area contributed by atoms with Gasteiger partial charge in [-0.1, -0.05) is 66.8 Å². The lowest BCUT2D eigenvalue weighted by molar-refractivity contribution is -0.0641. The molecule has 6 aromatic carbocycles. The van der Waals surface area contributed by atoms with Crippen LogP contribution in [-0.2, 0) is 5.60 Å². The highest BCUT2D eigenvalue weighted by Gasteiger charge is 2.56. The van der Waals surface area contributed by atoms with E-state index in [4.69, 9.17) is 14.2 Å². The van der Waals surface area contributed by atoms with Crippen molar-refractivity contribution in [3.8, 4) is 62.9 Å². The molecule has 3 aliphatic heterocycles. The van der Waals surface area contributed by atoms with Crippen molar-refractivity contribution in [2.75, 3.05) is 19.8 Å². The molecule has 0 aliphatic carbocycles. The van der Waals surface area contributed by atoms with Crippen LogP contribution in [0.1, 0.15) is 56.7 Å². The Morgan fingerprint density at radius 3 is 1.80 bits per heavy atom. The molecule has 14 heteroatoms. The fraction of sp³-hybridized carbons (Fsp3) is 0.216. The van der Waals surface area contributed by atoms with E-state index in [1.165, 1.54) is 60.7 Å². The molecular formula is C51H46O14. The summed E-state index contributed by atoms with van der Waals surface area (Å²) < 4.78 is 20.2. The fourth-order valence-corrected chi connectivity index (χ4v) is 9.40. The van der Waals surface area contributed by atoms with Gasteiger partial charge < -0.3 is 70.4 Å². The molecule has 0 saturated heterocycles. The largest absolute Gasteiger partial charge is 0.508 e. The van der Waals surface area contributed by atoms with Crippen LogP contribution in [0.15, 0.2) is 121 Å². The van der Waals surface area contributed by atoms with Crippen molar-refractivity contribution >= 4 is 12.2 Å². The number of aliphatic hydroxyl groups excluding tert-OH is 5. The average molecular weight is 883 g/mol. The van der Waals surface area contributed by atoms with Crippen molar-refractivity contribution in [3.63, 3.8) is 0 Å². The minimum Gasteiger partial charge on any atom is -0.508 e. The van der Waals surface area contributed by atoms with E-state index in [9.17, 15) is 56.2 Å². The van der Waals surface area contributed by atoms with Crippen LogP contribution in [0.2, 0.25) is 0 Å². The number of aromatic hydroxyl groups is 6. The molecule has 4 unspecified atom stereocenters. The Morgan fingerprint density at radius 1 is 0.646 bits per heavy atom. The zero-order valence-corrected chi connectivity index (χ0v) is 34.5. The van der Waals surface area contributed by atoms with E-state index in [0.29, 0.717) is 27.8 Å². The molecule has 6 aromatic rings. The highest BCUT2D eigenvalue weighted by atomic mass is 16.5. The lowest BCUT2D eigenvalue weighted by atomic mass is 9.69. The highest BCUT2D eigenvalue weighted by Crippen LogP contribution is 2.65. The molecule has 0 amide bonds. The van der Waals surface area contributed by atoms with Gasteiger partial charge in [0.15, 0.2) is 28.6 Å². The molecule has 65 heavy (non-hydrogen) atoms. The van der Waals surface area contributed by atoms with E-state index in [0.717, 1.165) is 0 Å². The Hall–Kier alpha value is -7.20. The van der Waals surface area contributed by atoms with Crippen molar-refractivity contribution in [2.45, 2.75) is 47.8 Å². The number of ether oxygens (including phenoxy) is 3. The van der Waals surface area contributed by atoms with Gasteiger partial charge in [-0.3, -0.25) is 0 Å². The van der Waals surface area contributed by atoms with Crippen LogP contribution in [0, 0.1) is 0 Å². The minimum atomic E-state index is -1.84. The topological polar surface area (TPSA) is 250 Å². The molecule has 0 saturated carbocycles. The first-order chi connectivity index (χ1) is 31.3. The molecule has 334 valence electrons. The third kappa shape index (κ3) is 7.60. The predicted octanol–water partition coefficient (Wildman–Crippen LogP) is 5.82. The number of phenolic OH excluding ortho intramolecular Hbond substituents is 6. The summed E-state index contributed by atoms with van der Waals surface area (Å²) in [6.07, 6.45) is 0.700. The summed E-state index contributed by atoms with van der Waals surface area (Å²) in [5, 5.41) is 123. The van der Waals surface area contributed by atoms with E-state index in [1.54, 1.807) is 72.8 Å². The Balaban J connectivity index is 1.42. The molecular weight excluding hydrogens is 837 g/mol. The van der Waals surface area contributed by atoms with Gasteiger partial charge in [0.05, 0.1) is 36.9 Å². The smallest absolute Gasteiger partial charge is 0.186 e. The first kappa shape index (κ1) is 43.1. The summed E-state index contributed by atoms with van der Waals surface area (Å²) in [5.41, 5.74) is 1.23. The zero-order chi connectivity index (χ0) is 45.7. The zero-order valence-electron chi connectivity index (χ0n) is 34.5. The van der Waals surface area contributed by atoms with Crippen molar-refractivity contribution in [1.82, 2.24) is 0 Å². The van der Waals surface area contributed by atoms with Crippen LogP contribution in [0.25, 0.3) is 23.3 Å². The van der Waals surface area contributed by atoms with Gasteiger partial charge in [-0.2, -0.15) is 0 Å². The second-order valence-corrected chi connectivity index (χ2v) is 16.5. The number of benzene rings is 6. The van der Waals surface area contributed by atoms with Gasteiger partial charge in [0, 0.05) is 29.0 Å². The third-order valence-corrected chi connectivity index (χ3v) is 12.5. The van der Waals surface area contributed by atoms with Crippen LogP contribution in [0.5, 0.6) is 51.7 Å². The highest BCUT2D eigenvalue weighted by molar-refractivity contribution is 5.93. The molecule has 14 nitrogen and oxygen atoms in total. The maximum Gasteiger partial charge on any atom is 0.186 e. The summed E-state index contributed by atoms with van der Waals surface area (Å²) >= 11 is 0. The number of phenols is 6. The molecule has 3 aliphatic rings. The third-order valence-electron chi connectivity index (χ3n) is 12.5. The summed E-state index contributed by atoms with van der Waals surface area (Å²) in [5.74, 6) is -4.67. The molecule has 0 aromatic heterocycles. The molecule has 0 fully saturated rings. The van der Waals surface area contributed by atoms with Crippen LogP contribution in [0.3, 0.4) is 0 Å². The van der Waals surface area contributed by atoms with Crippen LogP contribution in [-0.4, -0.2) is 100 Å². The number of aliphatic hydroxyl groups is 5. The van der Waals surface area contributed by atoms with Gasteiger partial charge in [0.25, 0.3) is 0 Å². The van der Waals surface area contributed by atoms with Gasteiger partial charge in [-0.25, -0.2) is 0 Å². The quantitative estimate of drug-likeness (QED) is 0.0693. The Bertz CT molecular complexity index is 2770. The monoisotopic (exact) mass is 882 g/mol. The first-order valence-corrected chi connectivity index (χ1v) is 20.9. The number of hydrogen-bond donors (Lipinski definition) is 11. The molecule has 0 radical (unpaired) electrons. The summed E-state index contributed by atoms with van der Waals surface area (Å²) in [6.45, 7) is -1.84. The standard InChI is InChI=1S/C51H46O14/c52-23-38(60)34(18-5-26-1-10-30(54)11-2-26)35-21-36(58)49-45-44(35)43(29-8-16-33(57)17-9-29)50(42(39(61)24-53)28-6-14-32(56)15-7-28)64-48-37(59)22-40-47(46(45)48)51(65-49,41(62)25-63-40)20-19-27-3-12-31(55)13-4-27/h1-22,34,38-39,41-43,50,52-62H,23-25H2/b18-5+,20-19+/t34?,38-,39-,41-,42+,43?,50?,51?/m1/s1. The van der Waals surface area contributed by atoms with E-state index < -0.39 is 72.5 Å². The average Bonchev–Trinajstić information content (AvgIpc) is 3.46. The maximum absolute atomic E-state index is 12.4. The maximum atomic E-state index is 12.4. The molecule has 11 N–H and O–H groups in total. The van der Waals surface area contributed by atoms with E-state index >= 15 is 0 Å². The lowest BCUT2D eigenvalue weighted by Crippen LogP contribution is -2.51. The van der Waals surface area contributed by atoms with Crippen molar-refractivity contribution < 1.29 is 70.4 Å². The van der Waals surface area contributed by atoms with Gasteiger partial charge >= 0.3 is 0 Å². The summed E-state index contributed by atoms with van der Waals surface area (Å²) in [7, 11) is 0. The molecule has 0 spiro atoms. The Kier molecular flexibility index (Phi) is 11.3. The van der Waals surface area contributed by atoms with E-state index in [-0.39, 0.29) is 69.1 Å². The molecule has 8 atom stereocenters. The normalized spacial score (nSPS) is 21.3. The van der Waals surface area contributed by atoms with Gasteiger partial charge in [0.1, 0.15) is 47.6 Å². The Labute approximate surface area is 372 Å². The molecule has 0 bridgehead atoms. The van der Waals surface area contributed by atoms with Crippen LogP contribution >= 0.6 is 0 Å². The van der Waals surface area contributed by atoms with Crippen molar-refractivity contribution in [1.29, 1.82) is 0 Å². The van der Waals surface area contributed by atoms with Crippen LogP contribution < -0.4 is 14.2 Å². The number of hydrogen-bond acceptors (Lipinski definition) is 14. The van der Waals surface area contributed by atoms with Crippen LogP contribution in [0.4, 0.5) is 0 Å². The second kappa shape index (κ2) is 17.1. The SMILES string of the molecule is OC[C@@H](O)C(/C=C/c1ccc(O)cc1)c1cc(O)c2c3c1C(c1ccc(O)cc1)C([C@@H](c1ccc(O)cc1)[C@H](O)CO)Oc1c(O)cc4c(c1-3)C(/C=C/c1ccc(O)cc1)(O2)[C@H](O)CO4. The fourth-order valence-electron chi connectivity index (χ4n) is 9.40. The predicted molar refractivity (Wildman–Crippen MR) is 237 cm³/mol. The number of rotatable bonds is 12. The minimum absolute atomic E-state index is 0.0266. The van der Waals surface area contributed by atoms with E-state index in [2.05, 4.69) is 0 Å². The van der Waals surface area contributed by atoms with Gasteiger partial charge in [0.2, 0.25) is 0 Å². The summed E-state index contributed by atoms with van der Waals surface area (Å²) in [4.78, 5) is 0. The van der Waals surface area contributed by atoms with E-state index in [1.807, 2.05) is 0 Å². The first-order valence-electron chi connectivity index (χ1n) is 20.9. The lowest BCUT2D eigenvalue weighted by Gasteiger charge is -2.45. The Morgan fingerprint density at radius 2 is 1.20 bits per heavy atom. The molecule has 3 heterocycles. The van der Waals surface area contributed by atoms with Gasteiger partial charge in [-0.05, 0) is 94.1 Å². The van der Waals surface area contributed by atoms with Gasteiger partial charge in [-0.15, -0.1) is 0 Å².